The summed E-state index contributed by atoms with van der Waals surface area (Å²) >= 11 is 3.17. The Morgan fingerprint density at radius 3 is 2.81 bits per heavy atom. The lowest BCUT2D eigenvalue weighted by atomic mass is 10.0. The smallest absolute Gasteiger partial charge is 0.337 e. The topological polar surface area (TPSA) is 47.6 Å². The molecule has 1 fully saturated rings. The molecule has 1 atom stereocenters. The predicted octanol–water partition coefficient (Wildman–Crippen LogP) is 3.21. The Morgan fingerprint density at radius 1 is 1.56 bits per heavy atom. The maximum absolute atomic E-state index is 13.6. The molecule has 1 aliphatic carbocycles. The molecule has 1 aromatic rings. The van der Waals surface area contributed by atoms with Gasteiger partial charge >= 0.3 is 6.07 Å². The average molecular weight is 286 g/mol. The molecule has 3 nitrogen and oxygen atoms in total. The van der Waals surface area contributed by atoms with Gasteiger partial charge in [0.15, 0.2) is 0 Å². The van der Waals surface area contributed by atoms with E-state index in [1.807, 2.05) is 0 Å². The van der Waals surface area contributed by atoms with E-state index in [0.717, 1.165) is 12.8 Å². The van der Waals surface area contributed by atoms with Crippen LogP contribution in [0.3, 0.4) is 0 Å². The molecule has 0 radical (unpaired) electrons. The normalized spacial score (nSPS) is 16.4. The number of rotatable bonds is 2. The molecular formula is C11H9BrFNO2. The van der Waals surface area contributed by atoms with Crippen LogP contribution >= 0.6 is 15.9 Å². The molecule has 5 heteroatoms. The number of hydrogen-bond donors (Lipinski definition) is 1. The van der Waals surface area contributed by atoms with E-state index in [0.29, 0.717) is 10.0 Å². The highest BCUT2D eigenvalue weighted by atomic mass is 79.9. The summed E-state index contributed by atoms with van der Waals surface area (Å²) in [5.74, 6) is -0.368. The monoisotopic (exact) mass is 285 g/mol. The van der Waals surface area contributed by atoms with Gasteiger partial charge < -0.3 is 10.3 Å². The summed E-state index contributed by atoms with van der Waals surface area (Å²) in [5, 5.41) is 22.5. The maximum Gasteiger partial charge on any atom is 0.337 e. The quantitative estimate of drug-likeness (QED) is 0.848. The Morgan fingerprint density at radius 2 is 2.25 bits per heavy atom. The molecule has 1 N–H and O–H groups in total. The number of aliphatic hydroxyl groups excluding tert-OH is 1. The van der Waals surface area contributed by atoms with Crippen molar-refractivity contribution in [1.29, 1.82) is 0 Å². The van der Waals surface area contributed by atoms with Crippen LogP contribution in [-0.2, 0) is 0 Å². The van der Waals surface area contributed by atoms with Crippen molar-refractivity contribution in [3.8, 4) is 6.07 Å². The van der Waals surface area contributed by atoms with Crippen molar-refractivity contribution in [2.24, 2.45) is 5.92 Å². The molecule has 1 aliphatic rings. The summed E-state index contributed by atoms with van der Waals surface area (Å²) in [6.07, 6.45) is 0.968. The van der Waals surface area contributed by atoms with Gasteiger partial charge in [-0.2, -0.15) is 0 Å². The third-order valence-electron chi connectivity index (χ3n) is 2.66. The third-order valence-corrected chi connectivity index (χ3v) is 3.51. The highest BCUT2D eigenvalue weighted by Gasteiger charge is 2.34. The van der Waals surface area contributed by atoms with Gasteiger partial charge in [0.2, 0.25) is 0 Å². The molecule has 0 saturated heterocycles. The largest absolute Gasteiger partial charge is 0.498 e. The first-order valence-electron chi connectivity index (χ1n) is 4.89. The van der Waals surface area contributed by atoms with E-state index < -0.39 is 11.9 Å². The Labute approximate surface area is 100 Å². The SMILES string of the molecule is [O-][N+]#Cc1ccc(F)c(C(O)C2CC2)c1Br. The molecule has 0 aliphatic heterocycles. The van der Waals surface area contributed by atoms with Crippen molar-refractivity contribution in [2.45, 2.75) is 18.9 Å². The molecule has 0 heterocycles. The highest BCUT2D eigenvalue weighted by molar-refractivity contribution is 9.10. The van der Waals surface area contributed by atoms with Crippen molar-refractivity contribution < 1.29 is 9.50 Å². The van der Waals surface area contributed by atoms with Crippen molar-refractivity contribution in [3.63, 3.8) is 0 Å². The molecular weight excluding hydrogens is 277 g/mol. The second-order valence-corrected chi connectivity index (χ2v) is 4.60. The van der Waals surface area contributed by atoms with Gasteiger partial charge in [-0.1, -0.05) is 0 Å². The van der Waals surface area contributed by atoms with Crippen LogP contribution in [0.25, 0.3) is 5.01 Å². The highest BCUT2D eigenvalue weighted by Crippen LogP contribution is 2.44. The van der Waals surface area contributed by atoms with Gasteiger partial charge in [0.1, 0.15) is 11.4 Å². The van der Waals surface area contributed by atoms with E-state index in [-0.39, 0.29) is 11.5 Å². The lowest BCUT2D eigenvalue weighted by Crippen LogP contribution is -2.05. The first-order valence-corrected chi connectivity index (χ1v) is 5.68. The van der Waals surface area contributed by atoms with Crippen molar-refractivity contribution in [1.82, 2.24) is 0 Å². The minimum atomic E-state index is -0.831. The second-order valence-electron chi connectivity index (χ2n) is 3.81. The van der Waals surface area contributed by atoms with Crippen LogP contribution in [0, 0.1) is 23.0 Å². The van der Waals surface area contributed by atoms with Crippen LogP contribution in [0.5, 0.6) is 0 Å². The first kappa shape index (κ1) is 11.4. The zero-order valence-electron chi connectivity index (χ0n) is 8.28. The molecule has 1 saturated carbocycles. The van der Waals surface area contributed by atoms with Gasteiger partial charge in [-0.15, -0.1) is 0 Å². The summed E-state index contributed by atoms with van der Waals surface area (Å²) in [4.78, 5) is 0. The molecule has 0 aromatic heterocycles. The van der Waals surface area contributed by atoms with E-state index >= 15 is 0 Å². The molecule has 0 bridgehead atoms. The van der Waals surface area contributed by atoms with Crippen molar-refractivity contribution in [2.75, 3.05) is 0 Å². The first-order chi connectivity index (χ1) is 7.65. The predicted molar refractivity (Wildman–Crippen MR) is 61.5 cm³/mol. The van der Waals surface area contributed by atoms with Crippen LogP contribution in [0.1, 0.15) is 30.1 Å². The number of nitrogens with zero attached hydrogens (tertiary/aromatic N) is 1. The van der Waals surface area contributed by atoms with Crippen molar-refractivity contribution >= 4 is 15.9 Å². The van der Waals surface area contributed by atoms with Crippen LogP contribution < -0.4 is 0 Å². The van der Waals surface area contributed by atoms with Gasteiger partial charge in [-0.05, 0) is 46.8 Å². The van der Waals surface area contributed by atoms with Crippen LogP contribution in [0.2, 0.25) is 0 Å². The fourth-order valence-corrected chi connectivity index (χ4v) is 2.27. The molecule has 0 amide bonds. The number of halogens is 2. The Kier molecular flexibility index (Phi) is 3.13. The molecule has 16 heavy (non-hydrogen) atoms. The van der Waals surface area contributed by atoms with Gasteiger partial charge in [-0.3, -0.25) is 0 Å². The lowest BCUT2D eigenvalue weighted by Gasteiger charge is -2.13. The number of benzene rings is 1. The average Bonchev–Trinajstić information content (AvgIpc) is 3.06. The molecule has 84 valence electrons. The molecule has 0 spiro atoms. The van der Waals surface area contributed by atoms with E-state index in [2.05, 4.69) is 27.0 Å². The molecule has 1 aromatic carbocycles. The summed E-state index contributed by atoms with van der Waals surface area (Å²) < 4.78 is 13.9. The van der Waals surface area contributed by atoms with Gasteiger partial charge in [0.25, 0.3) is 0 Å². The summed E-state index contributed by atoms with van der Waals surface area (Å²) in [7, 11) is 0. The Hall–Kier alpha value is -1.12. The van der Waals surface area contributed by atoms with Crippen LogP contribution in [0.15, 0.2) is 16.6 Å². The Bertz CT molecular complexity index is 477. The fraction of sp³-hybridized carbons (Fsp3) is 0.364. The van der Waals surface area contributed by atoms with Crippen LogP contribution in [-0.4, -0.2) is 5.11 Å². The van der Waals surface area contributed by atoms with Crippen molar-refractivity contribution in [3.05, 3.63) is 43.8 Å². The lowest BCUT2D eigenvalue weighted by molar-refractivity contribution is 0.148. The van der Waals surface area contributed by atoms with E-state index in [1.165, 1.54) is 12.1 Å². The van der Waals surface area contributed by atoms with E-state index in [4.69, 9.17) is 0 Å². The fourth-order valence-electron chi connectivity index (χ4n) is 1.62. The minimum Gasteiger partial charge on any atom is -0.498 e. The second kappa shape index (κ2) is 4.40. The zero-order valence-corrected chi connectivity index (χ0v) is 9.87. The van der Waals surface area contributed by atoms with Gasteiger partial charge in [0.05, 0.1) is 6.10 Å². The summed E-state index contributed by atoms with van der Waals surface area (Å²) in [6.45, 7) is 0. The van der Waals surface area contributed by atoms with E-state index in [1.54, 1.807) is 0 Å². The maximum atomic E-state index is 13.6. The zero-order chi connectivity index (χ0) is 11.7. The number of hydrogen-bond acceptors (Lipinski definition) is 2. The van der Waals surface area contributed by atoms with Crippen LogP contribution in [0.4, 0.5) is 4.39 Å². The number of aliphatic hydroxyl groups is 1. The Balaban J connectivity index is 2.47. The minimum absolute atomic E-state index is 0.116. The standard InChI is InChI=1S/C11H9BrFNO2/c12-10-7(5-14-16)3-4-8(13)9(10)11(15)6-1-2-6/h3-4,6,11,15H,1-2H2. The summed E-state index contributed by atoms with van der Waals surface area (Å²) in [5.41, 5.74) is 0.544. The van der Waals surface area contributed by atoms with Gasteiger partial charge in [-0.25, -0.2) is 4.39 Å². The summed E-state index contributed by atoms with van der Waals surface area (Å²) in [6, 6.07) is 4.80. The van der Waals surface area contributed by atoms with E-state index in [9.17, 15) is 14.7 Å². The molecule has 2 rings (SSSR count). The third kappa shape index (κ3) is 2.04. The van der Waals surface area contributed by atoms with Gasteiger partial charge in [0, 0.05) is 15.0 Å². The molecule has 1 unspecified atom stereocenters.